The van der Waals surface area contributed by atoms with Gasteiger partial charge in [0.1, 0.15) is 11.5 Å². The molecule has 1 aliphatic rings. The van der Waals surface area contributed by atoms with Crippen LogP contribution in [0.5, 0.6) is 11.5 Å². The fraction of sp³-hybridized carbons (Fsp3) is 0.222. The number of aryl methyl sites for hydroxylation is 1. The summed E-state index contributed by atoms with van der Waals surface area (Å²) in [6.45, 7) is 2.45. The zero-order chi connectivity index (χ0) is 16.2. The van der Waals surface area contributed by atoms with Crippen LogP contribution in [-0.4, -0.2) is 24.4 Å². The Bertz CT molecular complexity index is 743. The number of benzene rings is 2. The van der Waals surface area contributed by atoms with E-state index < -0.39 is 0 Å². The van der Waals surface area contributed by atoms with Crippen molar-refractivity contribution in [1.82, 2.24) is 10.6 Å². The highest BCUT2D eigenvalue weighted by atomic mass is 16.5. The molecule has 1 fully saturated rings. The highest BCUT2D eigenvalue weighted by molar-refractivity contribution is 5.97. The summed E-state index contributed by atoms with van der Waals surface area (Å²) in [6.07, 6.45) is 0.312. The van der Waals surface area contributed by atoms with Crippen molar-refractivity contribution >= 4 is 11.8 Å². The summed E-state index contributed by atoms with van der Waals surface area (Å²) >= 11 is 0. The first-order valence-electron chi connectivity index (χ1n) is 7.53. The Labute approximate surface area is 134 Å². The molecule has 118 valence electrons. The molecule has 1 heterocycles. The first kappa shape index (κ1) is 15.1. The van der Waals surface area contributed by atoms with E-state index in [4.69, 9.17) is 4.74 Å². The standard InChI is InChI=1S/C18H18N2O3/c1-12-5-4-6-14(9-12)23-16-8-3-2-7-15(16)18(22)20-13-10-17(21)19-11-13/h2-9,13H,10-11H2,1H3,(H,19,21)(H,20,22). The Morgan fingerprint density at radius 1 is 1.22 bits per heavy atom. The predicted molar refractivity (Wildman–Crippen MR) is 86.6 cm³/mol. The number of hydrogen-bond acceptors (Lipinski definition) is 3. The SMILES string of the molecule is Cc1cccc(Oc2ccccc2C(=O)NC2CNC(=O)C2)c1. The molecule has 0 bridgehead atoms. The van der Waals surface area contributed by atoms with E-state index in [2.05, 4.69) is 10.6 Å². The van der Waals surface area contributed by atoms with E-state index in [0.717, 1.165) is 5.56 Å². The molecular formula is C18H18N2O3. The lowest BCUT2D eigenvalue weighted by Gasteiger charge is -2.14. The largest absolute Gasteiger partial charge is 0.457 e. The molecule has 2 aromatic rings. The number of amides is 2. The molecule has 0 saturated carbocycles. The summed E-state index contributed by atoms with van der Waals surface area (Å²) in [6, 6.07) is 14.6. The first-order valence-corrected chi connectivity index (χ1v) is 7.53. The maximum atomic E-state index is 12.5. The average Bonchev–Trinajstić information content (AvgIpc) is 2.93. The Morgan fingerprint density at radius 2 is 2.04 bits per heavy atom. The van der Waals surface area contributed by atoms with Crippen LogP contribution in [0.2, 0.25) is 0 Å². The third-order valence-corrected chi connectivity index (χ3v) is 3.66. The number of nitrogens with one attached hydrogen (secondary N) is 2. The van der Waals surface area contributed by atoms with Crippen LogP contribution in [0.25, 0.3) is 0 Å². The van der Waals surface area contributed by atoms with Gasteiger partial charge in [-0.1, -0.05) is 24.3 Å². The van der Waals surface area contributed by atoms with Gasteiger partial charge in [0.25, 0.3) is 5.91 Å². The van der Waals surface area contributed by atoms with Crippen LogP contribution in [0.4, 0.5) is 0 Å². The summed E-state index contributed by atoms with van der Waals surface area (Å²) in [5, 5.41) is 5.56. The fourth-order valence-electron chi connectivity index (χ4n) is 2.52. The van der Waals surface area contributed by atoms with E-state index >= 15 is 0 Å². The summed E-state index contributed by atoms with van der Waals surface area (Å²) in [4.78, 5) is 23.7. The van der Waals surface area contributed by atoms with E-state index in [1.807, 2.05) is 37.3 Å². The van der Waals surface area contributed by atoms with Crippen LogP contribution in [0.3, 0.4) is 0 Å². The van der Waals surface area contributed by atoms with Gasteiger partial charge in [0.05, 0.1) is 11.6 Å². The van der Waals surface area contributed by atoms with Crippen LogP contribution < -0.4 is 15.4 Å². The van der Waals surface area contributed by atoms with E-state index in [1.165, 1.54) is 0 Å². The third-order valence-electron chi connectivity index (χ3n) is 3.66. The second-order valence-corrected chi connectivity index (χ2v) is 5.59. The molecule has 0 spiro atoms. The zero-order valence-electron chi connectivity index (χ0n) is 12.8. The van der Waals surface area contributed by atoms with Gasteiger partial charge in [-0.25, -0.2) is 0 Å². The van der Waals surface area contributed by atoms with E-state index in [1.54, 1.807) is 18.2 Å². The molecule has 23 heavy (non-hydrogen) atoms. The summed E-state index contributed by atoms with van der Waals surface area (Å²) in [5.74, 6) is 0.894. The molecule has 1 unspecified atom stereocenters. The lowest BCUT2D eigenvalue weighted by molar-refractivity contribution is -0.119. The van der Waals surface area contributed by atoms with Gasteiger partial charge in [-0.2, -0.15) is 0 Å². The second kappa shape index (κ2) is 6.52. The molecule has 0 aliphatic carbocycles. The van der Waals surface area contributed by atoms with Crippen molar-refractivity contribution in [3.8, 4) is 11.5 Å². The minimum atomic E-state index is -0.241. The molecular weight excluding hydrogens is 292 g/mol. The highest BCUT2D eigenvalue weighted by Crippen LogP contribution is 2.26. The molecule has 5 nitrogen and oxygen atoms in total. The zero-order valence-corrected chi connectivity index (χ0v) is 12.8. The first-order chi connectivity index (χ1) is 11.1. The van der Waals surface area contributed by atoms with Crippen LogP contribution in [0.1, 0.15) is 22.3 Å². The molecule has 0 radical (unpaired) electrons. The number of carbonyl (C=O) groups excluding carboxylic acids is 2. The van der Waals surface area contributed by atoms with Crippen molar-refractivity contribution < 1.29 is 14.3 Å². The Hall–Kier alpha value is -2.82. The molecule has 1 aliphatic heterocycles. The van der Waals surface area contributed by atoms with Gasteiger partial charge in [0.2, 0.25) is 5.91 Å². The minimum Gasteiger partial charge on any atom is -0.457 e. The van der Waals surface area contributed by atoms with Crippen molar-refractivity contribution in [2.45, 2.75) is 19.4 Å². The monoisotopic (exact) mass is 310 g/mol. The van der Waals surface area contributed by atoms with E-state index in [0.29, 0.717) is 30.0 Å². The van der Waals surface area contributed by atoms with E-state index in [9.17, 15) is 9.59 Å². The predicted octanol–water partition coefficient (Wildman–Crippen LogP) is 2.41. The minimum absolute atomic E-state index is 0.0420. The molecule has 2 aromatic carbocycles. The Kier molecular flexibility index (Phi) is 4.28. The molecule has 0 aromatic heterocycles. The van der Waals surface area contributed by atoms with Crippen LogP contribution >= 0.6 is 0 Å². The van der Waals surface area contributed by atoms with Gasteiger partial charge in [-0.3, -0.25) is 9.59 Å². The van der Waals surface area contributed by atoms with Gasteiger partial charge in [0, 0.05) is 13.0 Å². The third kappa shape index (κ3) is 3.69. The fourth-order valence-corrected chi connectivity index (χ4v) is 2.52. The average molecular weight is 310 g/mol. The topological polar surface area (TPSA) is 67.4 Å². The number of para-hydroxylation sites is 1. The van der Waals surface area contributed by atoms with Crippen molar-refractivity contribution in [2.24, 2.45) is 0 Å². The highest BCUT2D eigenvalue weighted by Gasteiger charge is 2.24. The van der Waals surface area contributed by atoms with Gasteiger partial charge in [0.15, 0.2) is 0 Å². The lowest BCUT2D eigenvalue weighted by Crippen LogP contribution is -2.36. The summed E-state index contributed by atoms with van der Waals surface area (Å²) in [5.41, 5.74) is 1.54. The van der Waals surface area contributed by atoms with Gasteiger partial charge in [-0.15, -0.1) is 0 Å². The van der Waals surface area contributed by atoms with Crippen molar-refractivity contribution in [2.75, 3.05) is 6.54 Å². The van der Waals surface area contributed by atoms with Gasteiger partial charge < -0.3 is 15.4 Å². The normalized spacial score (nSPS) is 16.7. The Balaban J connectivity index is 1.77. The number of hydrogen-bond donors (Lipinski definition) is 2. The van der Waals surface area contributed by atoms with Crippen molar-refractivity contribution in [3.63, 3.8) is 0 Å². The molecule has 2 amide bonds. The van der Waals surface area contributed by atoms with Gasteiger partial charge >= 0.3 is 0 Å². The number of carbonyl (C=O) groups is 2. The molecule has 1 saturated heterocycles. The number of ether oxygens (including phenoxy) is 1. The molecule has 3 rings (SSSR count). The lowest BCUT2D eigenvalue weighted by atomic mass is 10.1. The molecule has 5 heteroatoms. The summed E-state index contributed by atoms with van der Waals surface area (Å²) < 4.78 is 5.85. The smallest absolute Gasteiger partial charge is 0.255 e. The molecule has 1 atom stereocenters. The maximum Gasteiger partial charge on any atom is 0.255 e. The number of rotatable bonds is 4. The molecule has 2 N–H and O–H groups in total. The quantitative estimate of drug-likeness (QED) is 0.911. The maximum absolute atomic E-state index is 12.5. The van der Waals surface area contributed by atoms with Crippen LogP contribution in [0.15, 0.2) is 48.5 Å². The Morgan fingerprint density at radius 3 is 2.78 bits per heavy atom. The van der Waals surface area contributed by atoms with E-state index in [-0.39, 0.29) is 17.9 Å². The van der Waals surface area contributed by atoms with Crippen LogP contribution in [0, 0.1) is 6.92 Å². The van der Waals surface area contributed by atoms with Crippen LogP contribution in [-0.2, 0) is 4.79 Å². The summed E-state index contributed by atoms with van der Waals surface area (Å²) in [7, 11) is 0. The second-order valence-electron chi connectivity index (χ2n) is 5.59. The van der Waals surface area contributed by atoms with Crippen molar-refractivity contribution in [3.05, 3.63) is 59.7 Å². The van der Waals surface area contributed by atoms with Gasteiger partial charge in [-0.05, 0) is 36.8 Å². The van der Waals surface area contributed by atoms with Crippen molar-refractivity contribution in [1.29, 1.82) is 0 Å².